The van der Waals surface area contributed by atoms with E-state index in [4.69, 9.17) is 28.8 Å². The Morgan fingerprint density at radius 2 is 0.446 bits per heavy atom. The Labute approximate surface area is 645 Å². The molecule has 0 radical (unpaired) electrons. The third-order valence-corrected chi connectivity index (χ3v) is 21.6. The lowest BCUT2D eigenvalue weighted by molar-refractivity contribution is 0.668. The van der Waals surface area contributed by atoms with E-state index in [-0.39, 0.29) is 0 Å². The fraction of sp³-hybridized carbons (Fsp3) is 0. The Kier molecular flexibility index (Phi) is 16.1. The number of nitrogens with zero attached hydrogens (tertiary/aromatic N) is 6. The Morgan fingerprint density at radius 3 is 0.884 bits per heavy atom. The average molecular weight is 1430 g/mol. The lowest BCUT2D eigenvalue weighted by atomic mass is 10.00. The van der Waals surface area contributed by atoms with Crippen LogP contribution in [0.15, 0.2) is 409 Å². The normalized spacial score (nSPS) is 11.6. The molecule has 6 heterocycles. The lowest BCUT2D eigenvalue weighted by Crippen LogP contribution is -1.96. The first-order chi connectivity index (χ1) is 55.5. The molecule has 0 aliphatic carbocycles. The second kappa shape index (κ2) is 27.6. The highest BCUT2D eigenvalue weighted by Gasteiger charge is 2.20. The number of benzene rings is 16. The molecule has 0 atom stereocenters. The molecule has 0 aliphatic heterocycles. The van der Waals surface area contributed by atoms with Gasteiger partial charge >= 0.3 is 0 Å². The van der Waals surface area contributed by atoms with Gasteiger partial charge in [0.15, 0.2) is 11.6 Å². The summed E-state index contributed by atoms with van der Waals surface area (Å²) < 4.78 is 17.0. The Balaban J connectivity index is 0.000000141. The Hall–Kier alpha value is -15.1. The van der Waals surface area contributed by atoms with E-state index in [1.807, 2.05) is 97.1 Å². The van der Waals surface area contributed by atoms with Crippen LogP contribution in [0, 0.1) is 0 Å². The van der Waals surface area contributed by atoms with Crippen LogP contribution >= 0.6 is 0 Å². The van der Waals surface area contributed by atoms with Crippen molar-refractivity contribution in [1.29, 1.82) is 0 Å². The zero-order valence-electron chi connectivity index (χ0n) is 60.6. The van der Waals surface area contributed by atoms with Crippen molar-refractivity contribution in [1.82, 2.24) is 29.1 Å². The maximum atomic E-state index is 6.13. The summed E-state index contributed by atoms with van der Waals surface area (Å²) in [7, 11) is 0. The summed E-state index contributed by atoms with van der Waals surface area (Å²) in [5.41, 5.74) is 29.5. The second-order valence-corrected chi connectivity index (χ2v) is 28.4. The van der Waals surface area contributed by atoms with Crippen molar-refractivity contribution in [2.75, 3.05) is 0 Å². The van der Waals surface area contributed by atoms with Crippen molar-refractivity contribution >= 4 is 87.5 Å². The largest absolute Gasteiger partial charge is 0.456 e. The molecular formula is C104H66N6O2. The summed E-state index contributed by atoms with van der Waals surface area (Å²) in [5, 5.41) is 9.38. The van der Waals surface area contributed by atoms with Crippen LogP contribution in [0.4, 0.5) is 0 Å². The fourth-order valence-electron chi connectivity index (χ4n) is 16.2. The maximum absolute atomic E-state index is 6.13. The van der Waals surface area contributed by atoms with E-state index in [0.29, 0.717) is 11.6 Å². The van der Waals surface area contributed by atoms with E-state index >= 15 is 0 Å². The fourth-order valence-corrected chi connectivity index (χ4v) is 16.2. The molecule has 8 heteroatoms. The molecule has 22 aromatic rings. The lowest BCUT2D eigenvalue weighted by Gasteiger charge is -2.12. The summed E-state index contributed by atoms with van der Waals surface area (Å²) in [6, 6.07) is 141. The summed E-state index contributed by atoms with van der Waals surface area (Å²) in [6.07, 6.45) is 0. The number of aromatic nitrogens is 6. The number of fused-ring (bicyclic) bond motifs is 12. The van der Waals surface area contributed by atoms with Gasteiger partial charge in [-0.25, -0.2) is 19.9 Å². The highest BCUT2D eigenvalue weighted by Crippen LogP contribution is 2.42. The van der Waals surface area contributed by atoms with E-state index < -0.39 is 0 Å². The monoisotopic (exact) mass is 1430 g/mol. The van der Waals surface area contributed by atoms with E-state index in [1.54, 1.807) is 0 Å². The van der Waals surface area contributed by atoms with Gasteiger partial charge in [0, 0.05) is 87.8 Å². The van der Waals surface area contributed by atoms with Crippen LogP contribution in [0.2, 0.25) is 0 Å². The minimum absolute atomic E-state index is 0.699. The quantitative estimate of drug-likeness (QED) is 0.121. The summed E-state index contributed by atoms with van der Waals surface area (Å²) in [5.74, 6) is 1.40. The average Bonchev–Trinajstić information content (AvgIpc) is 1.58. The van der Waals surface area contributed by atoms with Gasteiger partial charge in [0.05, 0.1) is 44.8 Å². The molecule has 6 aromatic heterocycles. The molecule has 0 N–H and O–H groups in total. The Bertz CT molecular complexity index is 7250. The van der Waals surface area contributed by atoms with Crippen LogP contribution in [0.25, 0.3) is 211 Å². The molecule has 0 spiro atoms. The van der Waals surface area contributed by atoms with Gasteiger partial charge in [-0.1, -0.05) is 285 Å². The van der Waals surface area contributed by atoms with Crippen molar-refractivity contribution in [3.8, 4) is 124 Å². The number of para-hydroxylation sites is 4. The molecule has 0 unspecified atom stereocenters. The van der Waals surface area contributed by atoms with Gasteiger partial charge in [0.2, 0.25) is 0 Å². The van der Waals surface area contributed by atoms with E-state index in [0.717, 1.165) is 161 Å². The molecule has 22 rings (SSSR count). The molecule has 8 nitrogen and oxygen atoms in total. The standard InChI is InChI=1S/2C52H33N3O/c1-3-13-34(14-4-1)46-33-47(35-15-5-2-6-16-35)54-52(53-46)40-19-11-17-36(29-40)38-25-27-49-44(31-38)42-21-7-9-23-48(42)55(49)41-20-12-18-37(30-41)39-26-28-51-45(32-39)43-22-8-10-24-50(43)56-51;1-3-12-35(13-4-1)46-33-47(36-14-5-2-6-15-36)54-52(53-46)37-24-22-34(23-25-37)39-26-28-49-44(31-39)42-18-7-9-20-48(42)55(49)41-17-11-16-38(30-41)40-27-29-51-45(32-40)43-19-8-10-21-50(43)56-51/h2*1-33H. The Morgan fingerprint density at radius 1 is 0.161 bits per heavy atom. The van der Waals surface area contributed by atoms with E-state index in [2.05, 4.69) is 312 Å². The molecule has 524 valence electrons. The molecule has 0 bridgehead atoms. The van der Waals surface area contributed by atoms with Crippen LogP contribution in [0.5, 0.6) is 0 Å². The van der Waals surface area contributed by atoms with E-state index in [1.165, 1.54) is 38.1 Å². The third kappa shape index (κ3) is 11.9. The minimum Gasteiger partial charge on any atom is -0.456 e. The van der Waals surface area contributed by atoms with Gasteiger partial charge < -0.3 is 18.0 Å². The van der Waals surface area contributed by atoms with Crippen molar-refractivity contribution in [3.63, 3.8) is 0 Å². The van der Waals surface area contributed by atoms with Gasteiger partial charge in [-0.3, -0.25) is 0 Å². The molecule has 0 saturated heterocycles. The summed E-state index contributed by atoms with van der Waals surface area (Å²) in [4.78, 5) is 20.3. The smallest absolute Gasteiger partial charge is 0.160 e. The topological polar surface area (TPSA) is 87.7 Å². The number of hydrogen-bond acceptors (Lipinski definition) is 6. The molecule has 0 amide bonds. The van der Waals surface area contributed by atoms with Crippen molar-refractivity contribution in [3.05, 3.63) is 400 Å². The van der Waals surface area contributed by atoms with Crippen molar-refractivity contribution in [2.24, 2.45) is 0 Å². The van der Waals surface area contributed by atoms with Crippen LogP contribution in [-0.2, 0) is 0 Å². The molecule has 112 heavy (non-hydrogen) atoms. The number of hydrogen-bond donors (Lipinski definition) is 0. The predicted octanol–water partition coefficient (Wildman–Crippen LogP) is 27.6. The van der Waals surface area contributed by atoms with Crippen LogP contribution in [-0.4, -0.2) is 29.1 Å². The SMILES string of the molecule is c1ccc(-c2cc(-c3ccccc3)nc(-c3ccc(-c4ccc5c(c4)c4ccccc4n5-c4cccc(-c5ccc6oc7ccccc7c6c5)c4)cc3)n2)cc1.c1ccc(-c2cc(-c3ccccc3)nc(-c3cccc(-c4ccc5c(c4)c4ccccc4n5-c4cccc(-c5ccc6oc7ccccc7c6c5)c4)c3)n2)cc1. The first kappa shape index (κ1) is 65.2. The van der Waals surface area contributed by atoms with Gasteiger partial charge in [0.1, 0.15) is 22.3 Å². The van der Waals surface area contributed by atoms with Crippen LogP contribution in [0.3, 0.4) is 0 Å². The number of rotatable bonds is 12. The molecule has 0 fully saturated rings. The molecular weight excluding hydrogens is 1370 g/mol. The third-order valence-electron chi connectivity index (χ3n) is 21.6. The van der Waals surface area contributed by atoms with Gasteiger partial charge in [-0.05, 0) is 160 Å². The van der Waals surface area contributed by atoms with Crippen LogP contribution < -0.4 is 0 Å². The zero-order valence-corrected chi connectivity index (χ0v) is 60.6. The van der Waals surface area contributed by atoms with Gasteiger partial charge in [0.25, 0.3) is 0 Å². The number of furan rings is 2. The highest BCUT2D eigenvalue weighted by molar-refractivity contribution is 6.13. The first-order valence-electron chi connectivity index (χ1n) is 37.8. The molecule has 16 aromatic carbocycles. The maximum Gasteiger partial charge on any atom is 0.160 e. The van der Waals surface area contributed by atoms with Crippen LogP contribution in [0.1, 0.15) is 0 Å². The zero-order chi connectivity index (χ0) is 74.0. The van der Waals surface area contributed by atoms with E-state index in [9.17, 15) is 0 Å². The van der Waals surface area contributed by atoms with Crippen molar-refractivity contribution < 1.29 is 8.83 Å². The molecule has 0 aliphatic rings. The second-order valence-electron chi connectivity index (χ2n) is 28.4. The first-order valence-corrected chi connectivity index (χ1v) is 37.8. The minimum atomic E-state index is 0.699. The highest BCUT2D eigenvalue weighted by atomic mass is 16.3. The summed E-state index contributed by atoms with van der Waals surface area (Å²) >= 11 is 0. The molecule has 0 saturated carbocycles. The summed E-state index contributed by atoms with van der Waals surface area (Å²) in [6.45, 7) is 0. The van der Waals surface area contributed by atoms with Gasteiger partial charge in [-0.2, -0.15) is 0 Å². The van der Waals surface area contributed by atoms with Crippen molar-refractivity contribution in [2.45, 2.75) is 0 Å². The predicted molar refractivity (Wildman–Crippen MR) is 462 cm³/mol. The van der Waals surface area contributed by atoms with Gasteiger partial charge in [-0.15, -0.1) is 0 Å².